The molecule has 5 nitrogen and oxygen atoms in total. The van der Waals surface area contributed by atoms with Crippen LogP contribution in [0, 0.1) is 5.92 Å². The molecule has 0 atom stereocenters. The highest BCUT2D eigenvalue weighted by Gasteiger charge is 2.08. The minimum atomic E-state index is -0.0502. The molecular weight excluding hydrogens is 237 g/mol. The first kappa shape index (κ1) is 16.5. The lowest BCUT2D eigenvalue weighted by atomic mass is 10.1. The molecule has 0 saturated heterocycles. The third-order valence-corrected chi connectivity index (χ3v) is 1.86. The van der Waals surface area contributed by atoms with Gasteiger partial charge < -0.3 is 17.2 Å². The van der Waals surface area contributed by atoms with Crippen LogP contribution >= 0.6 is 24.8 Å². The molecule has 0 saturated carbocycles. The topological polar surface area (TPSA) is 103 Å². The van der Waals surface area contributed by atoms with E-state index in [0.717, 1.165) is 12.8 Å². The lowest BCUT2D eigenvalue weighted by molar-refractivity contribution is 0.584. The lowest BCUT2D eigenvalue weighted by Gasteiger charge is -2.03. The molecule has 0 spiro atoms. The van der Waals surface area contributed by atoms with Crippen molar-refractivity contribution in [3.05, 3.63) is 12.2 Å². The van der Waals surface area contributed by atoms with E-state index in [2.05, 4.69) is 22.1 Å². The first-order chi connectivity index (χ1) is 6.18. The van der Waals surface area contributed by atoms with Crippen molar-refractivity contribution in [2.45, 2.75) is 12.8 Å². The van der Waals surface area contributed by atoms with Gasteiger partial charge in [0, 0.05) is 6.54 Å². The van der Waals surface area contributed by atoms with Crippen LogP contribution in [0.4, 0.5) is 0 Å². The molecule has 15 heavy (non-hydrogen) atoms. The summed E-state index contributed by atoms with van der Waals surface area (Å²) in [5.74, 6) is 0.672. The van der Waals surface area contributed by atoms with Gasteiger partial charge in [0.25, 0.3) is 0 Å². The predicted molar refractivity (Wildman–Crippen MR) is 68.7 cm³/mol. The van der Waals surface area contributed by atoms with Crippen molar-refractivity contribution >= 4 is 36.7 Å². The normalized spacial score (nSPS) is 15.3. The van der Waals surface area contributed by atoms with Crippen molar-refractivity contribution in [2.75, 3.05) is 6.54 Å². The van der Waals surface area contributed by atoms with Gasteiger partial charge in [0.2, 0.25) is 5.96 Å². The Hall–Kier alpha value is -0.940. The fourth-order valence-corrected chi connectivity index (χ4v) is 1.21. The SMILES string of the molecule is Cl.Cl.NC(N)=NC(N)=NCC1CC=CC1. The molecule has 0 radical (unpaired) electrons. The number of halogens is 2. The van der Waals surface area contributed by atoms with Crippen LogP contribution in [-0.4, -0.2) is 18.5 Å². The van der Waals surface area contributed by atoms with Crippen LogP contribution in [0.25, 0.3) is 0 Å². The summed E-state index contributed by atoms with van der Waals surface area (Å²) in [6.07, 6.45) is 6.44. The zero-order valence-electron chi connectivity index (χ0n) is 8.30. The number of allylic oxidation sites excluding steroid dienone is 2. The van der Waals surface area contributed by atoms with E-state index in [1.54, 1.807) is 0 Å². The Morgan fingerprint density at radius 1 is 1.13 bits per heavy atom. The highest BCUT2D eigenvalue weighted by molar-refractivity contribution is 5.92. The fraction of sp³-hybridized carbons (Fsp3) is 0.500. The summed E-state index contributed by atoms with van der Waals surface area (Å²) in [5.41, 5.74) is 15.7. The van der Waals surface area contributed by atoms with Crippen molar-refractivity contribution in [1.29, 1.82) is 0 Å². The fourth-order valence-electron chi connectivity index (χ4n) is 1.21. The van der Waals surface area contributed by atoms with Crippen LogP contribution in [0.5, 0.6) is 0 Å². The average Bonchev–Trinajstić information content (AvgIpc) is 2.51. The number of guanidine groups is 2. The molecular formula is C8H17Cl2N5. The summed E-state index contributed by atoms with van der Waals surface area (Å²) in [4.78, 5) is 7.67. The van der Waals surface area contributed by atoms with Gasteiger partial charge in [-0.3, -0.25) is 4.99 Å². The molecule has 1 rings (SSSR count). The third-order valence-electron chi connectivity index (χ3n) is 1.86. The molecule has 1 aliphatic carbocycles. The van der Waals surface area contributed by atoms with E-state index in [1.165, 1.54) is 0 Å². The second-order valence-corrected chi connectivity index (χ2v) is 3.04. The van der Waals surface area contributed by atoms with E-state index in [1.807, 2.05) is 0 Å². The summed E-state index contributed by atoms with van der Waals surface area (Å²) >= 11 is 0. The van der Waals surface area contributed by atoms with Gasteiger partial charge in [-0.2, -0.15) is 4.99 Å². The summed E-state index contributed by atoms with van der Waals surface area (Å²) in [6.45, 7) is 0.690. The van der Waals surface area contributed by atoms with Crippen molar-refractivity contribution < 1.29 is 0 Å². The Balaban J connectivity index is 0. The molecule has 0 fully saturated rings. The minimum absolute atomic E-state index is 0. The summed E-state index contributed by atoms with van der Waals surface area (Å²) in [6, 6.07) is 0. The molecule has 88 valence electrons. The molecule has 0 heterocycles. The predicted octanol–water partition coefficient (Wildman–Crippen LogP) is 0.384. The molecule has 0 aliphatic heterocycles. The van der Waals surface area contributed by atoms with E-state index in [-0.39, 0.29) is 36.7 Å². The highest BCUT2D eigenvalue weighted by Crippen LogP contribution is 2.17. The molecule has 0 aromatic rings. The van der Waals surface area contributed by atoms with Crippen molar-refractivity contribution in [1.82, 2.24) is 0 Å². The Bertz CT molecular complexity index is 250. The molecule has 1 aliphatic rings. The van der Waals surface area contributed by atoms with Crippen LogP contribution in [0.1, 0.15) is 12.8 Å². The van der Waals surface area contributed by atoms with E-state index in [0.29, 0.717) is 12.5 Å². The number of nitrogens with zero attached hydrogens (tertiary/aromatic N) is 2. The highest BCUT2D eigenvalue weighted by atomic mass is 35.5. The summed E-state index contributed by atoms with van der Waals surface area (Å²) in [5, 5.41) is 0. The second kappa shape index (κ2) is 8.38. The molecule has 0 amide bonds. The van der Waals surface area contributed by atoms with Gasteiger partial charge in [0.05, 0.1) is 0 Å². The smallest absolute Gasteiger partial charge is 0.218 e. The monoisotopic (exact) mass is 253 g/mol. The van der Waals surface area contributed by atoms with Crippen LogP contribution in [-0.2, 0) is 0 Å². The van der Waals surface area contributed by atoms with Crippen LogP contribution in [0.3, 0.4) is 0 Å². The lowest BCUT2D eigenvalue weighted by Crippen LogP contribution is -2.26. The number of hydrogen-bond acceptors (Lipinski definition) is 1. The average molecular weight is 254 g/mol. The number of rotatable bonds is 2. The molecule has 0 bridgehead atoms. The first-order valence-corrected chi connectivity index (χ1v) is 4.23. The third kappa shape index (κ3) is 7.04. The Morgan fingerprint density at radius 2 is 1.67 bits per heavy atom. The standard InChI is InChI=1S/C8H15N5.2ClH/c9-7(10)13-8(11)12-5-6-3-1-2-4-6;;/h1-2,6H,3-5H2,(H6,9,10,11,12,13);2*1H. The maximum absolute atomic E-state index is 5.43. The van der Waals surface area contributed by atoms with Crippen molar-refractivity contribution in [2.24, 2.45) is 33.1 Å². The van der Waals surface area contributed by atoms with Gasteiger partial charge in [-0.25, -0.2) is 0 Å². The van der Waals surface area contributed by atoms with E-state index < -0.39 is 0 Å². The summed E-state index contributed by atoms with van der Waals surface area (Å²) in [7, 11) is 0. The Labute approximate surface area is 102 Å². The zero-order chi connectivity index (χ0) is 9.68. The molecule has 0 unspecified atom stereocenters. The van der Waals surface area contributed by atoms with Gasteiger partial charge >= 0.3 is 0 Å². The summed E-state index contributed by atoms with van der Waals surface area (Å²) < 4.78 is 0. The van der Waals surface area contributed by atoms with Crippen LogP contribution in [0.2, 0.25) is 0 Å². The molecule has 0 aromatic heterocycles. The van der Waals surface area contributed by atoms with Crippen molar-refractivity contribution in [3.63, 3.8) is 0 Å². The number of nitrogens with two attached hydrogens (primary N) is 3. The van der Waals surface area contributed by atoms with Crippen molar-refractivity contribution in [3.8, 4) is 0 Å². The minimum Gasteiger partial charge on any atom is -0.370 e. The van der Waals surface area contributed by atoms with Gasteiger partial charge in [0.1, 0.15) is 0 Å². The maximum atomic E-state index is 5.43. The van der Waals surface area contributed by atoms with E-state index in [4.69, 9.17) is 17.2 Å². The maximum Gasteiger partial charge on any atom is 0.218 e. The van der Waals surface area contributed by atoms with Gasteiger partial charge in [-0.15, -0.1) is 24.8 Å². The van der Waals surface area contributed by atoms with Crippen LogP contribution < -0.4 is 17.2 Å². The number of hydrogen-bond donors (Lipinski definition) is 3. The zero-order valence-corrected chi connectivity index (χ0v) is 9.93. The largest absolute Gasteiger partial charge is 0.370 e. The van der Waals surface area contributed by atoms with Gasteiger partial charge in [-0.1, -0.05) is 12.2 Å². The quantitative estimate of drug-likeness (QED) is 0.377. The second-order valence-electron chi connectivity index (χ2n) is 3.04. The molecule has 6 N–H and O–H groups in total. The van der Waals surface area contributed by atoms with E-state index in [9.17, 15) is 0 Å². The Morgan fingerprint density at radius 3 is 2.13 bits per heavy atom. The molecule has 0 aromatic carbocycles. The molecule has 7 heteroatoms. The van der Waals surface area contributed by atoms with E-state index >= 15 is 0 Å². The Kier molecular flexibility index (Phi) is 9.21. The first-order valence-electron chi connectivity index (χ1n) is 4.23. The van der Waals surface area contributed by atoms with Crippen LogP contribution in [0.15, 0.2) is 22.1 Å². The number of aliphatic imine (C=N–C) groups is 2. The van der Waals surface area contributed by atoms with Gasteiger partial charge in [-0.05, 0) is 18.8 Å². The van der Waals surface area contributed by atoms with Gasteiger partial charge in [0.15, 0.2) is 5.96 Å².